The first-order valence-corrected chi connectivity index (χ1v) is 9.60. The van der Waals surface area contributed by atoms with Gasteiger partial charge in [-0.15, -0.1) is 0 Å². The van der Waals surface area contributed by atoms with Gasteiger partial charge in [0.2, 0.25) is 0 Å². The number of carbonyl (C=O) groups excluding carboxylic acids is 1. The van der Waals surface area contributed by atoms with Gasteiger partial charge in [0.05, 0.1) is 12.1 Å². The van der Waals surface area contributed by atoms with E-state index in [4.69, 9.17) is 0 Å². The molecular weight excluding hydrogens is 328 g/mol. The Balaban J connectivity index is 1.71. The maximum Gasteiger partial charge on any atom is 0.317 e. The summed E-state index contributed by atoms with van der Waals surface area (Å²) in [5.74, 6) is 0. The predicted molar refractivity (Wildman–Crippen MR) is 103 cm³/mol. The van der Waals surface area contributed by atoms with Crippen molar-refractivity contribution in [2.24, 2.45) is 0 Å². The molecule has 2 aliphatic rings. The Bertz CT molecular complexity index is 609. The lowest BCUT2D eigenvalue weighted by atomic mass is 9.91. The van der Waals surface area contributed by atoms with Crippen LogP contribution in [0.15, 0.2) is 30.3 Å². The number of aliphatic hydroxyl groups excluding tert-OH is 1. The second kappa shape index (κ2) is 7.94. The van der Waals surface area contributed by atoms with Gasteiger partial charge in [0.1, 0.15) is 0 Å². The highest BCUT2D eigenvalue weighted by Gasteiger charge is 2.45. The zero-order chi connectivity index (χ0) is 18.7. The fraction of sp³-hybridized carbons (Fsp3) is 0.650. The summed E-state index contributed by atoms with van der Waals surface area (Å²) < 4.78 is 0. The molecule has 2 fully saturated rings. The van der Waals surface area contributed by atoms with E-state index in [1.54, 1.807) is 0 Å². The lowest BCUT2D eigenvalue weighted by Gasteiger charge is -2.56. The van der Waals surface area contributed by atoms with E-state index in [9.17, 15) is 9.90 Å². The van der Waals surface area contributed by atoms with Gasteiger partial charge in [-0.05, 0) is 26.3 Å². The number of amides is 2. The molecule has 0 aromatic heterocycles. The number of nitrogens with zero attached hydrogens (tertiary/aromatic N) is 3. The third-order valence-corrected chi connectivity index (χ3v) is 5.50. The van der Waals surface area contributed by atoms with Crippen LogP contribution in [0.1, 0.15) is 26.3 Å². The molecule has 1 aromatic rings. The number of hydrogen-bond donors (Lipinski definition) is 2. The SMILES string of the molecule is CC(C)NC(=O)N1CCN2C(CN(Cc3ccccc3)CC2(C)CO)C1. The fourth-order valence-electron chi connectivity index (χ4n) is 4.28. The van der Waals surface area contributed by atoms with E-state index >= 15 is 0 Å². The van der Waals surface area contributed by atoms with Gasteiger partial charge in [0.15, 0.2) is 0 Å². The summed E-state index contributed by atoms with van der Waals surface area (Å²) in [7, 11) is 0. The first kappa shape index (κ1) is 19.1. The number of benzene rings is 1. The largest absolute Gasteiger partial charge is 0.394 e. The van der Waals surface area contributed by atoms with Gasteiger partial charge in [-0.3, -0.25) is 9.80 Å². The summed E-state index contributed by atoms with van der Waals surface area (Å²) in [6.07, 6.45) is 0. The Morgan fingerprint density at radius 3 is 2.65 bits per heavy atom. The van der Waals surface area contributed by atoms with E-state index in [2.05, 4.69) is 46.3 Å². The van der Waals surface area contributed by atoms with Gasteiger partial charge in [-0.2, -0.15) is 0 Å². The summed E-state index contributed by atoms with van der Waals surface area (Å²) >= 11 is 0. The molecule has 0 saturated carbocycles. The fourth-order valence-corrected chi connectivity index (χ4v) is 4.28. The van der Waals surface area contributed by atoms with Crippen LogP contribution in [0.4, 0.5) is 4.79 Å². The average molecular weight is 361 g/mol. The average Bonchev–Trinajstić information content (AvgIpc) is 2.61. The van der Waals surface area contributed by atoms with E-state index in [0.717, 1.165) is 26.2 Å². The Morgan fingerprint density at radius 1 is 1.27 bits per heavy atom. The van der Waals surface area contributed by atoms with Crippen molar-refractivity contribution in [1.29, 1.82) is 0 Å². The van der Waals surface area contributed by atoms with Crippen LogP contribution in [0.3, 0.4) is 0 Å². The maximum atomic E-state index is 12.4. The monoisotopic (exact) mass is 360 g/mol. The Kier molecular flexibility index (Phi) is 5.85. The highest BCUT2D eigenvalue weighted by molar-refractivity contribution is 5.74. The van der Waals surface area contributed by atoms with Crippen LogP contribution in [0, 0.1) is 0 Å². The minimum atomic E-state index is -0.266. The number of piperazine rings is 2. The molecule has 3 rings (SSSR count). The molecule has 2 amide bonds. The number of hydrogen-bond acceptors (Lipinski definition) is 4. The van der Waals surface area contributed by atoms with E-state index < -0.39 is 0 Å². The normalized spacial score (nSPS) is 27.4. The van der Waals surface area contributed by atoms with Gasteiger partial charge in [0, 0.05) is 51.4 Å². The molecule has 2 aliphatic heterocycles. The summed E-state index contributed by atoms with van der Waals surface area (Å²) in [5, 5.41) is 13.1. The molecule has 0 spiro atoms. The topological polar surface area (TPSA) is 59.1 Å². The summed E-state index contributed by atoms with van der Waals surface area (Å²) in [5.41, 5.74) is 1.02. The van der Waals surface area contributed by atoms with E-state index in [1.807, 2.05) is 24.8 Å². The summed E-state index contributed by atoms with van der Waals surface area (Å²) in [6, 6.07) is 10.9. The number of carbonyl (C=O) groups is 1. The van der Waals surface area contributed by atoms with Crippen molar-refractivity contribution < 1.29 is 9.90 Å². The van der Waals surface area contributed by atoms with Crippen molar-refractivity contribution >= 4 is 6.03 Å². The molecule has 6 nitrogen and oxygen atoms in total. The molecule has 0 radical (unpaired) electrons. The third-order valence-electron chi connectivity index (χ3n) is 5.50. The molecule has 2 N–H and O–H groups in total. The predicted octanol–water partition coefficient (Wildman–Crippen LogP) is 1.36. The first-order valence-electron chi connectivity index (χ1n) is 9.60. The van der Waals surface area contributed by atoms with Crippen LogP contribution in [0.5, 0.6) is 0 Å². The van der Waals surface area contributed by atoms with Gasteiger partial charge in [-0.1, -0.05) is 30.3 Å². The highest BCUT2D eigenvalue weighted by Crippen LogP contribution is 2.29. The van der Waals surface area contributed by atoms with Crippen LogP contribution in [0.2, 0.25) is 0 Å². The van der Waals surface area contributed by atoms with Crippen LogP contribution < -0.4 is 5.32 Å². The molecule has 144 valence electrons. The number of aliphatic hydroxyl groups is 1. The molecule has 1 aromatic carbocycles. The van der Waals surface area contributed by atoms with Crippen molar-refractivity contribution in [2.75, 3.05) is 39.3 Å². The lowest BCUT2D eigenvalue weighted by Crippen LogP contribution is -2.72. The van der Waals surface area contributed by atoms with Gasteiger partial charge >= 0.3 is 6.03 Å². The van der Waals surface area contributed by atoms with Crippen molar-refractivity contribution in [1.82, 2.24) is 20.0 Å². The van der Waals surface area contributed by atoms with Gasteiger partial charge in [0.25, 0.3) is 0 Å². The molecule has 0 aliphatic carbocycles. The summed E-state index contributed by atoms with van der Waals surface area (Å²) in [4.78, 5) is 19.2. The maximum absolute atomic E-state index is 12.4. The molecule has 6 heteroatoms. The van der Waals surface area contributed by atoms with Crippen molar-refractivity contribution in [3.63, 3.8) is 0 Å². The second-order valence-corrected chi connectivity index (χ2v) is 8.21. The minimum Gasteiger partial charge on any atom is -0.394 e. The van der Waals surface area contributed by atoms with E-state index in [1.165, 1.54) is 5.56 Å². The lowest BCUT2D eigenvalue weighted by molar-refractivity contribution is -0.0878. The quantitative estimate of drug-likeness (QED) is 0.851. The van der Waals surface area contributed by atoms with Crippen LogP contribution in [-0.4, -0.2) is 82.8 Å². The smallest absolute Gasteiger partial charge is 0.317 e. The Hall–Kier alpha value is -1.63. The van der Waals surface area contributed by atoms with Crippen molar-refractivity contribution in [3.8, 4) is 0 Å². The minimum absolute atomic E-state index is 0.0190. The molecular formula is C20H32N4O2. The molecule has 2 heterocycles. The Morgan fingerprint density at radius 2 is 2.00 bits per heavy atom. The van der Waals surface area contributed by atoms with Gasteiger partial charge in [-0.25, -0.2) is 4.79 Å². The molecule has 0 bridgehead atoms. The third kappa shape index (κ3) is 4.19. The zero-order valence-electron chi connectivity index (χ0n) is 16.2. The van der Waals surface area contributed by atoms with E-state index in [-0.39, 0.29) is 30.3 Å². The van der Waals surface area contributed by atoms with Crippen LogP contribution in [0.25, 0.3) is 0 Å². The molecule has 2 saturated heterocycles. The number of urea groups is 1. The number of rotatable bonds is 4. The first-order chi connectivity index (χ1) is 12.4. The highest BCUT2D eigenvalue weighted by atomic mass is 16.3. The Labute approximate surface area is 156 Å². The van der Waals surface area contributed by atoms with E-state index in [0.29, 0.717) is 13.1 Å². The number of fused-ring (bicyclic) bond motifs is 1. The van der Waals surface area contributed by atoms with Crippen molar-refractivity contribution in [3.05, 3.63) is 35.9 Å². The molecule has 2 unspecified atom stereocenters. The number of nitrogens with one attached hydrogen (secondary N) is 1. The van der Waals surface area contributed by atoms with Crippen molar-refractivity contribution in [2.45, 2.75) is 44.9 Å². The van der Waals surface area contributed by atoms with Crippen LogP contribution >= 0.6 is 0 Å². The summed E-state index contributed by atoms with van der Waals surface area (Å²) in [6.45, 7) is 11.1. The second-order valence-electron chi connectivity index (χ2n) is 8.21. The zero-order valence-corrected chi connectivity index (χ0v) is 16.2. The van der Waals surface area contributed by atoms with Crippen LogP contribution in [-0.2, 0) is 6.54 Å². The molecule has 26 heavy (non-hydrogen) atoms. The van der Waals surface area contributed by atoms with Gasteiger partial charge < -0.3 is 15.3 Å². The standard InChI is InChI=1S/C20H32N4O2/c1-16(2)21-19(26)23-9-10-24-18(13-23)12-22(14-20(24,3)15-25)11-17-7-5-4-6-8-17/h4-8,16,18,25H,9-15H2,1-3H3,(H,21,26). The molecule has 2 atom stereocenters.